The molecule has 0 amide bonds. The molecule has 2 rings (SSSR count). The van der Waals surface area contributed by atoms with Gasteiger partial charge in [0.1, 0.15) is 0 Å². The summed E-state index contributed by atoms with van der Waals surface area (Å²) in [7, 11) is 1.32. The van der Waals surface area contributed by atoms with Gasteiger partial charge in [-0.2, -0.15) is 5.11 Å². The number of rotatable bonds is 7. The Hall–Kier alpha value is -2.61. The fourth-order valence-electron chi connectivity index (χ4n) is 2.74. The van der Waals surface area contributed by atoms with Crippen molar-refractivity contribution in [1.82, 2.24) is 0 Å². The lowest BCUT2D eigenvalue weighted by Crippen LogP contribution is -2.54. The van der Waals surface area contributed by atoms with E-state index in [0.717, 1.165) is 5.56 Å². The predicted octanol–water partition coefficient (Wildman–Crippen LogP) is 2.95. The van der Waals surface area contributed by atoms with E-state index in [2.05, 4.69) is 15.2 Å². The molecule has 1 aliphatic heterocycles. The molecule has 0 aromatic heterocycles. The summed E-state index contributed by atoms with van der Waals surface area (Å²) in [5, 5.41) is 7.89. The van der Waals surface area contributed by atoms with E-state index < -0.39 is 23.1 Å². The standard InChI is InChI=1S/C19H25N3O5/c1-6-26-17(24)19(27-18(2,3)4,16-20-12-21-22-16)11-13-7-9-14(10-8-13)15(23)25-5/h7-10H,6,11-12H2,1-5H3. The van der Waals surface area contributed by atoms with Gasteiger partial charge >= 0.3 is 11.9 Å². The second-order valence-corrected chi connectivity index (χ2v) is 6.99. The van der Waals surface area contributed by atoms with E-state index >= 15 is 0 Å². The van der Waals surface area contributed by atoms with Crippen molar-refractivity contribution < 1.29 is 23.8 Å². The van der Waals surface area contributed by atoms with Crippen LogP contribution in [-0.2, 0) is 25.4 Å². The molecule has 8 nitrogen and oxygen atoms in total. The molecule has 1 atom stereocenters. The average Bonchev–Trinajstić information content (AvgIpc) is 3.15. The minimum atomic E-state index is -1.53. The number of azo groups is 1. The smallest absolute Gasteiger partial charge is 0.346 e. The van der Waals surface area contributed by atoms with Crippen molar-refractivity contribution in [1.29, 1.82) is 0 Å². The molecule has 0 fully saturated rings. The van der Waals surface area contributed by atoms with Crippen LogP contribution in [0.3, 0.4) is 0 Å². The van der Waals surface area contributed by atoms with Crippen molar-refractivity contribution in [2.75, 3.05) is 20.4 Å². The van der Waals surface area contributed by atoms with Crippen LogP contribution < -0.4 is 0 Å². The van der Waals surface area contributed by atoms with E-state index in [-0.39, 0.29) is 25.5 Å². The first-order chi connectivity index (χ1) is 12.7. The normalized spacial score (nSPS) is 15.8. The maximum atomic E-state index is 13.0. The molecule has 1 heterocycles. The van der Waals surface area contributed by atoms with E-state index in [1.54, 1.807) is 31.2 Å². The van der Waals surface area contributed by atoms with Crippen LogP contribution in [0.25, 0.3) is 0 Å². The summed E-state index contributed by atoms with van der Waals surface area (Å²) in [6, 6.07) is 6.73. The molecule has 27 heavy (non-hydrogen) atoms. The summed E-state index contributed by atoms with van der Waals surface area (Å²) in [6.45, 7) is 7.59. The number of aliphatic imine (C=N–C) groups is 1. The highest BCUT2D eigenvalue weighted by Gasteiger charge is 2.50. The third-order valence-corrected chi connectivity index (χ3v) is 3.72. The number of nitrogens with zero attached hydrogens (tertiary/aromatic N) is 3. The predicted molar refractivity (Wildman–Crippen MR) is 98.8 cm³/mol. The summed E-state index contributed by atoms with van der Waals surface area (Å²) < 4.78 is 16.2. The number of esters is 2. The molecule has 0 saturated carbocycles. The SMILES string of the molecule is CCOC(=O)C(Cc1ccc(C(=O)OC)cc1)(OC(C)(C)C)C1=NCN=N1. The summed E-state index contributed by atoms with van der Waals surface area (Å²) in [5.74, 6) is -0.817. The first-order valence-electron chi connectivity index (χ1n) is 8.69. The molecule has 1 aliphatic rings. The molecule has 146 valence electrons. The third-order valence-electron chi connectivity index (χ3n) is 3.72. The highest BCUT2D eigenvalue weighted by molar-refractivity contribution is 6.10. The molecule has 0 N–H and O–H groups in total. The zero-order valence-corrected chi connectivity index (χ0v) is 16.3. The summed E-state index contributed by atoms with van der Waals surface area (Å²) in [5.41, 5.74) is -1.03. The quantitative estimate of drug-likeness (QED) is 0.682. The molecule has 1 aromatic carbocycles. The number of carbonyl (C=O) groups excluding carboxylic acids is 2. The number of amidine groups is 1. The Kier molecular flexibility index (Phi) is 6.43. The van der Waals surface area contributed by atoms with Gasteiger partial charge in [-0.05, 0) is 45.4 Å². The van der Waals surface area contributed by atoms with Crippen molar-refractivity contribution in [3.8, 4) is 0 Å². The third kappa shape index (κ3) is 4.97. The number of ether oxygens (including phenoxy) is 3. The van der Waals surface area contributed by atoms with Crippen molar-refractivity contribution in [2.45, 2.75) is 45.3 Å². The lowest BCUT2D eigenvalue weighted by molar-refractivity contribution is -0.176. The van der Waals surface area contributed by atoms with Gasteiger partial charge in [0, 0.05) is 6.42 Å². The summed E-state index contributed by atoms with van der Waals surface area (Å²) >= 11 is 0. The van der Waals surface area contributed by atoms with Crippen LogP contribution in [0.2, 0.25) is 0 Å². The number of carbonyl (C=O) groups is 2. The first kappa shape index (κ1) is 20.7. The van der Waals surface area contributed by atoms with Gasteiger partial charge in [0.25, 0.3) is 0 Å². The fourth-order valence-corrected chi connectivity index (χ4v) is 2.74. The van der Waals surface area contributed by atoms with Gasteiger partial charge in [0.15, 0.2) is 12.5 Å². The Labute approximate surface area is 158 Å². The Balaban J connectivity index is 2.45. The molecular weight excluding hydrogens is 350 g/mol. The molecule has 0 aliphatic carbocycles. The monoisotopic (exact) mass is 375 g/mol. The van der Waals surface area contributed by atoms with Crippen molar-refractivity contribution in [2.24, 2.45) is 15.2 Å². The Morgan fingerprint density at radius 1 is 1.15 bits per heavy atom. The topological polar surface area (TPSA) is 98.9 Å². The molecule has 0 saturated heterocycles. The van der Waals surface area contributed by atoms with Gasteiger partial charge in [0.05, 0.1) is 24.9 Å². The number of hydrogen-bond donors (Lipinski definition) is 0. The number of benzene rings is 1. The number of hydrogen-bond acceptors (Lipinski definition) is 8. The van der Waals surface area contributed by atoms with Crippen LogP contribution in [0.1, 0.15) is 43.6 Å². The fraction of sp³-hybridized carbons (Fsp3) is 0.526. The van der Waals surface area contributed by atoms with Gasteiger partial charge in [-0.25, -0.2) is 14.6 Å². The molecular formula is C19H25N3O5. The zero-order chi connectivity index (χ0) is 20.1. The molecule has 8 heteroatoms. The highest BCUT2D eigenvalue weighted by Crippen LogP contribution is 2.30. The molecule has 0 radical (unpaired) electrons. The Morgan fingerprint density at radius 2 is 1.81 bits per heavy atom. The Bertz CT molecular complexity index is 750. The van der Waals surface area contributed by atoms with E-state index in [4.69, 9.17) is 14.2 Å². The summed E-state index contributed by atoms with van der Waals surface area (Å²) in [4.78, 5) is 28.8. The van der Waals surface area contributed by atoms with E-state index in [9.17, 15) is 9.59 Å². The van der Waals surface area contributed by atoms with E-state index in [1.165, 1.54) is 7.11 Å². The van der Waals surface area contributed by atoms with Crippen LogP contribution in [-0.4, -0.2) is 49.4 Å². The van der Waals surface area contributed by atoms with Crippen LogP contribution >= 0.6 is 0 Å². The average molecular weight is 375 g/mol. The van der Waals surface area contributed by atoms with Crippen molar-refractivity contribution >= 4 is 17.8 Å². The second-order valence-electron chi connectivity index (χ2n) is 6.99. The molecule has 1 unspecified atom stereocenters. The van der Waals surface area contributed by atoms with Crippen LogP contribution in [0.5, 0.6) is 0 Å². The van der Waals surface area contributed by atoms with Gasteiger partial charge in [0.2, 0.25) is 5.60 Å². The van der Waals surface area contributed by atoms with E-state index in [1.807, 2.05) is 20.8 Å². The van der Waals surface area contributed by atoms with Gasteiger partial charge in [-0.15, -0.1) is 5.11 Å². The van der Waals surface area contributed by atoms with Crippen LogP contribution in [0, 0.1) is 0 Å². The first-order valence-corrected chi connectivity index (χ1v) is 8.69. The molecule has 0 bridgehead atoms. The maximum absolute atomic E-state index is 13.0. The maximum Gasteiger partial charge on any atom is 0.346 e. The minimum Gasteiger partial charge on any atom is -0.465 e. The molecule has 1 aromatic rings. The van der Waals surface area contributed by atoms with Crippen LogP contribution in [0.4, 0.5) is 0 Å². The van der Waals surface area contributed by atoms with Gasteiger partial charge < -0.3 is 14.2 Å². The largest absolute Gasteiger partial charge is 0.465 e. The summed E-state index contributed by atoms with van der Waals surface area (Å²) in [6.07, 6.45) is 0.141. The highest BCUT2D eigenvalue weighted by atomic mass is 16.6. The lowest BCUT2D eigenvalue weighted by Gasteiger charge is -2.36. The number of methoxy groups -OCH3 is 1. The molecule has 0 spiro atoms. The minimum absolute atomic E-state index is 0.141. The van der Waals surface area contributed by atoms with Gasteiger partial charge in [-0.3, -0.25) is 0 Å². The van der Waals surface area contributed by atoms with E-state index in [0.29, 0.717) is 5.56 Å². The second kappa shape index (κ2) is 8.39. The Morgan fingerprint density at radius 3 is 2.30 bits per heavy atom. The zero-order valence-electron chi connectivity index (χ0n) is 16.3. The van der Waals surface area contributed by atoms with Crippen molar-refractivity contribution in [3.05, 3.63) is 35.4 Å². The lowest BCUT2D eigenvalue weighted by atomic mass is 9.91. The van der Waals surface area contributed by atoms with Crippen LogP contribution in [0.15, 0.2) is 39.5 Å². The van der Waals surface area contributed by atoms with Gasteiger partial charge in [-0.1, -0.05) is 12.1 Å². The van der Waals surface area contributed by atoms with Crippen molar-refractivity contribution in [3.63, 3.8) is 0 Å².